The average molecular weight is 437 g/mol. The molecule has 1 atom stereocenters. The molecule has 0 aliphatic heterocycles. The number of carbonyl (C=O) groups is 1. The van der Waals surface area contributed by atoms with Crippen LogP contribution in [0.5, 0.6) is 0 Å². The summed E-state index contributed by atoms with van der Waals surface area (Å²) in [6.45, 7) is 4.02. The van der Waals surface area contributed by atoms with Crippen LogP contribution < -0.4 is 5.32 Å². The number of thiazole rings is 1. The highest BCUT2D eigenvalue weighted by atomic mass is 32.2. The Labute approximate surface area is 184 Å². The number of nitrogens with zero attached hydrogens (tertiary/aromatic N) is 3. The maximum absolute atomic E-state index is 13.0. The van der Waals surface area contributed by atoms with Crippen LogP contribution in [0.25, 0.3) is 10.2 Å². The number of fused-ring (bicyclic) bond motifs is 2. The number of benzene rings is 1. The molecule has 5 nitrogen and oxygen atoms in total. The van der Waals surface area contributed by atoms with Gasteiger partial charge in [-0.25, -0.2) is 9.97 Å². The Balaban J connectivity index is 1.54. The van der Waals surface area contributed by atoms with Crippen LogP contribution in [0.1, 0.15) is 55.0 Å². The predicted octanol–water partition coefficient (Wildman–Crippen LogP) is 5.65. The monoisotopic (exact) mass is 436 g/mol. The highest BCUT2D eigenvalue weighted by molar-refractivity contribution is 8.00. The number of aryl methyl sites for hydroxylation is 3. The number of thioether (sulfide) groups is 1. The largest absolute Gasteiger partial charge is 0.301 e. The van der Waals surface area contributed by atoms with Crippen molar-refractivity contribution in [3.8, 4) is 6.07 Å². The van der Waals surface area contributed by atoms with Crippen LogP contribution in [0.3, 0.4) is 0 Å². The van der Waals surface area contributed by atoms with Crippen LogP contribution in [-0.2, 0) is 17.6 Å². The van der Waals surface area contributed by atoms with Gasteiger partial charge in [-0.15, -0.1) is 0 Å². The van der Waals surface area contributed by atoms with Gasteiger partial charge in [0.1, 0.15) is 11.1 Å². The van der Waals surface area contributed by atoms with Crippen LogP contribution >= 0.6 is 23.1 Å². The van der Waals surface area contributed by atoms with E-state index >= 15 is 0 Å². The van der Waals surface area contributed by atoms with Crippen molar-refractivity contribution in [3.63, 3.8) is 0 Å². The number of rotatable bonds is 5. The van der Waals surface area contributed by atoms with Crippen LogP contribution in [0.15, 0.2) is 29.3 Å². The van der Waals surface area contributed by atoms with Crippen LogP contribution in [0.4, 0.5) is 5.13 Å². The number of pyridine rings is 1. The van der Waals surface area contributed by atoms with Crippen LogP contribution in [0, 0.1) is 18.3 Å². The van der Waals surface area contributed by atoms with Crippen molar-refractivity contribution in [3.05, 3.63) is 46.6 Å². The Kier molecular flexibility index (Phi) is 6.35. The maximum Gasteiger partial charge on any atom is 0.239 e. The van der Waals surface area contributed by atoms with E-state index in [2.05, 4.69) is 22.4 Å². The zero-order valence-corrected chi connectivity index (χ0v) is 18.8. The molecule has 1 aliphatic carbocycles. The van der Waals surface area contributed by atoms with Crippen molar-refractivity contribution < 1.29 is 4.79 Å². The Hall–Kier alpha value is -2.43. The lowest BCUT2D eigenvalue weighted by Gasteiger charge is -2.15. The molecule has 1 N–H and O–H groups in total. The SMILES string of the molecule is CCC(Sc1nc2c(cc1C#N)CCCCC2)C(=O)Nc1nc2ccc(C)cc2s1. The summed E-state index contributed by atoms with van der Waals surface area (Å²) in [5.41, 5.74) is 4.91. The normalized spacial score (nSPS) is 14.6. The van der Waals surface area contributed by atoms with E-state index < -0.39 is 0 Å². The van der Waals surface area contributed by atoms with Gasteiger partial charge in [-0.1, -0.05) is 42.5 Å². The quantitative estimate of drug-likeness (QED) is 0.413. The van der Waals surface area contributed by atoms with E-state index in [0.717, 1.165) is 41.6 Å². The van der Waals surface area contributed by atoms with Gasteiger partial charge >= 0.3 is 0 Å². The van der Waals surface area contributed by atoms with Crippen molar-refractivity contribution in [2.75, 3.05) is 5.32 Å². The van der Waals surface area contributed by atoms with E-state index in [1.807, 2.05) is 32.0 Å². The Bertz CT molecular complexity index is 1130. The van der Waals surface area contributed by atoms with Crippen molar-refractivity contribution >= 4 is 44.4 Å². The number of nitrogens with one attached hydrogen (secondary N) is 1. The molecule has 0 fully saturated rings. The van der Waals surface area contributed by atoms with Crippen molar-refractivity contribution in [2.45, 2.75) is 62.6 Å². The number of hydrogen-bond acceptors (Lipinski definition) is 6. The summed E-state index contributed by atoms with van der Waals surface area (Å²) in [4.78, 5) is 22.3. The second kappa shape index (κ2) is 9.15. The van der Waals surface area contributed by atoms with Crippen LogP contribution in [-0.4, -0.2) is 21.1 Å². The standard InChI is InChI=1S/C23H24N4OS2/c1-3-19(21(28)27-23-26-18-10-9-14(2)11-20(18)30-23)29-22-16(13-24)12-15-7-5-4-6-8-17(15)25-22/h9-12,19H,3-8H2,1-2H3,(H,26,27,28). The summed E-state index contributed by atoms with van der Waals surface area (Å²) in [6.07, 6.45) is 6.05. The zero-order chi connectivity index (χ0) is 21.1. The number of aromatic nitrogens is 2. The summed E-state index contributed by atoms with van der Waals surface area (Å²) in [6, 6.07) is 10.3. The maximum atomic E-state index is 13.0. The lowest BCUT2D eigenvalue weighted by atomic mass is 10.1. The van der Waals surface area contributed by atoms with Gasteiger partial charge in [0.15, 0.2) is 5.13 Å². The van der Waals surface area contributed by atoms with Crippen molar-refractivity contribution in [1.29, 1.82) is 5.26 Å². The Morgan fingerprint density at radius 1 is 1.27 bits per heavy atom. The predicted molar refractivity (Wildman–Crippen MR) is 123 cm³/mol. The lowest BCUT2D eigenvalue weighted by Crippen LogP contribution is -2.24. The summed E-state index contributed by atoms with van der Waals surface area (Å²) in [7, 11) is 0. The highest BCUT2D eigenvalue weighted by Gasteiger charge is 2.23. The van der Waals surface area contributed by atoms with Gasteiger partial charge in [-0.3, -0.25) is 4.79 Å². The van der Waals surface area contributed by atoms with Gasteiger partial charge < -0.3 is 5.32 Å². The van der Waals surface area contributed by atoms with Gasteiger partial charge in [0.05, 0.1) is 21.0 Å². The third-order valence-corrected chi connectivity index (χ3v) is 7.63. The molecular weight excluding hydrogens is 412 g/mol. The van der Waals surface area contributed by atoms with Gasteiger partial charge in [0, 0.05) is 5.69 Å². The highest BCUT2D eigenvalue weighted by Crippen LogP contribution is 2.32. The molecule has 0 saturated carbocycles. The van der Waals surface area contributed by atoms with E-state index in [0.29, 0.717) is 22.1 Å². The smallest absolute Gasteiger partial charge is 0.239 e. The van der Waals surface area contributed by atoms with Crippen LogP contribution in [0.2, 0.25) is 0 Å². The second-order valence-electron chi connectivity index (χ2n) is 7.61. The molecule has 0 spiro atoms. The molecule has 30 heavy (non-hydrogen) atoms. The molecule has 7 heteroatoms. The third kappa shape index (κ3) is 4.50. The fourth-order valence-corrected chi connectivity index (χ4v) is 5.65. The molecule has 154 valence electrons. The minimum atomic E-state index is -0.331. The van der Waals surface area contributed by atoms with E-state index in [-0.39, 0.29) is 11.2 Å². The number of amides is 1. The van der Waals surface area contributed by atoms with Crippen molar-refractivity contribution in [1.82, 2.24) is 9.97 Å². The minimum Gasteiger partial charge on any atom is -0.301 e. The minimum absolute atomic E-state index is 0.0982. The fourth-order valence-electron chi connectivity index (χ4n) is 3.69. The Morgan fingerprint density at radius 2 is 2.10 bits per heavy atom. The molecule has 2 heterocycles. The fraction of sp³-hybridized carbons (Fsp3) is 0.391. The molecule has 1 aliphatic rings. The van der Waals surface area contributed by atoms with Gasteiger partial charge in [0.25, 0.3) is 0 Å². The number of anilines is 1. The second-order valence-corrected chi connectivity index (χ2v) is 9.84. The van der Waals surface area contributed by atoms with Crippen molar-refractivity contribution in [2.24, 2.45) is 0 Å². The van der Waals surface area contributed by atoms with E-state index in [1.165, 1.54) is 40.6 Å². The molecular formula is C23H24N4OS2. The summed E-state index contributed by atoms with van der Waals surface area (Å²) in [5.74, 6) is -0.0982. The summed E-state index contributed by atoms with van der Waals surface area (Å²) >= 11 is 2.87. The van der Waals surface area contributed by atoms with E-state index in [1.54, 1.807) is 0 Å². The average Bonchev–Trinajstić information content (AvgIpc) is 2.98. The summed E-state index contributed by atoms with van der Waals surface area (Å²) < 4.78 is 1.06. The van der Waals surface area contributed by atoms with Gasteiger partial charge in [-0.05, 0) is 68.4 Å². The lowest BCUT2D eigenvalue weighted by molar-refractivity contribution is -0.115. The van der Waals surface area contributed by atoms with E-state index in [4.69, 9.17) is 4.98 Å². The first-order valence-corrected chi connectivity index (χ1v) is 12.0. The Morgan fingerprint density at radius 3 is 2.90 bits per heavy atom. The number of nitriles is 1. The van der Waals surface area contributed by atoms with E-state index in [9.17, 15) is 10.1 Å². The molecule has 1 unspecified atom stereocenters. The molecule has 0 bridgehead atoms. The first-order chi connectivity index (χ1) is 14.6. The first kappa shape index (κ1) is 20.8. The molecule has 0 radical (unpaired) electrons. The molecule has 3 aromatic rings. The van der Waals surface area contributed by atoms with Gasteiger partial charge in [-0.2, -0.15) is 5.26 Å². The number of hydrogen-bond donors (Lipinski definition) is 1. The molecule has 1 aromatic carbocycles. The molecule has 1 amide bonds. The summed E-state index contributed by atoms with van der Waals surface area (Å²) in [5, 5.41) is 13.6. The molecule has 4 rings (SSSR count). The zero-order valence-electron chi connectivity index (χ0n) is 17.2. The topological polar surface area (TPSA) is 78.7 Å². The molecule has 2 aromatic heterocycles. The molecule has 0 saturated heterocycles. The number of carbonyl (C=O) groups excluding carboxylic acids is 1. The first-order valence-electron chi connectivity index (χ1n) is 10.3. The van der Waals surface area contributed by atoms with Gasteiger partial charge in [0.2, 0.25) is 5.91 Å². The third-order valence-electron chi connectivity index (χ3n) is 5.33.